The van der Waals surface area contributed by atoms with E-state index in [1.807, 2.05) is 33.8 Å². The zero-order valence-electron chi connectivity index (χ0n) is 12.1. The van der Waals surface area contributed by atoms with Crippen molar-refractivity contribution in [3.8, 4) is 0 Å². The van der Waals surface area contributed by atoms with Crippen LogP contribution in [0.15, 0.2) is 6.07 Å². The van der Waals surface area contributed by atoms with Gasteiger partial charge in [-0.05, 0) is 40.7 Å². The van der Waals surface area contributed by atoms with Crippen LogP contribution in [0.5, 0.6) is 0 Å². The normalized spacial score (nSPS) is 12.3. The van der Waals surface area contributed by atoms with Crippen LogP contribution in [0.3, 0.4) is 0 Å². The number of hydrogen-bond donors (Lipinski definition) is 1. The van der Waals surface area contributed by atoms with Crippen LogP contribution in [0.4, 0.5) is 0 Å². The lowest BCUT2D eigenvalue weighted by atomic mass is 10.3. The average Bonchev–Trinajstić information content (AvgIpc) is 2.55. The van der Waals surface area contributed by atoms with E-state index in [-0.39, 0.29) is 18.5 Å². The Morgan fingerprint density at radius 3 is 2.47 bits per heavy atom. The first-order valence-electron chi connectivity index (χ1n) is 6.30. The van der Waals surface area contributed by atoms with E-state index in [1.165, 1.54) is 0 Å². The highest BCUT2D eigenvalue weighted by Crippen LogP contribution is 2.03. The summed E-state index contributed by atoms with van der Waals surface area (Å²) in [7, 11) is 0. The van der Waals surface area contributed by atoms with Gasteiger partial charge >= 0.3 is 5.97 Å². The van der Waals surface area contributed by atoms with Crippen molar-refractivity contribution in [2.75, 3.05) is 0 Å². The zero-order valence-corrected chi connectivity index (χ0v) is 12.1. The van der Waals surface area contributed by atoms with Gasteiger partial charge in [0.2, 0.25) is 0 Å². The summed E-state index contributed by atoms with van der Waals surface area (Å²) in [5.41, 5.74) is 1.73. The molecule has 0 saturated heterocycles. The lowest BCUT2D eigenvalue weighted by molar-refractivity contribution is -0.155. The molecule has 1 N–H and O–H groups in total. The molecule has 1 amide bonds. The van der Waals surface area contributed by atoms with Gasteiger partial charge in [0.25, 0.3) is 5.91 Å². The van der Waals surface area contributed by atoms with E-state index in [0.29, 0.717) is 0 Å². The average molecular weight is 267 g/mol. The van der Waals surface area contributed by atoms with Crippen LogP contribution in [0.2, 0.25) is 0 Å². The van der Waals surface area contributed by atoms with Crippen molar-refractivity contribution in [2.24, 2.45) is 0 Å². The number of carbonyl (C=O) groups excluding carboxylic acids is 2. The van der Waals surface area contributed by atoms with E-state index >= 15 is 0 Å². The van der Waals surface area contributed by atoms with Crippen LogP contribution in [0.25, 0.3) is 0 Å². The number of esters is 1. The van der Waals surface area contributed by atoms with Gasteiger partial charge in [-0.25, -0.2) is 0 Å². The number of nitrogens with zero attached hydrogens (tertiary/aromatic N) is 2. The van der Waals surface area contributed by atoms with Crippen LogP contribution >= 0.6 is 0 Å². The Hall–Kier alpha value is -1.85. The number of aryl methyl sites for hydroxylation is 2. The van der Waals surface area contributed by atoms with E-state index in [9.17, 15) is 9.59 Å². The van der Waals surface area contributed by atoms with Gasteiger partial charge in [0, 0.05) is 11.7 Å². The molecule has 0 radical (unpaired) electrons. The summed E-state index contributed by atoms with van der Waals surface area (Å²) in [5, 5.41) is 6.85. The highest BCUT2D eigenvalue weighted by Gasteiger charge is 2.19. The Balaban J connectivity index is 2.51. The fourth-order valence-electron chi connectivity index (χ4n) is 1.65. The fourth-order valence-corrected chi connectivity index (χ4v) is 1.65. The largest absolute Gasteiger partial charge is 0.451 e. The molecule has 0 fully saturated rings. The molecule has 0 aromatic carbocycles. The second kappa shape index (κ2) is 6.36. The van der Waals surface area contributed by atoms with Crippen molar-refractivity contribution < 1.29 is 14.3 Å². The van der Waals surface area contributed by atoms with Crippen molar-refractivity contribution >= 4 is 11.9 Å². The number of amides is 1. The third-order valence-corrected chi connectivity index (χ3v) is 2.49. The third-order valence-electron chi connectivity index (χ3n) is 2.49. The summed E-state index contributed by atoms with van der Waals surface area (Å²) < 4.78 is 6.63. The summed E-state index contributed by atoms with van der Waals surface area (Å²) in [5.74, 6) is -0.769. The molecular weight excluding hydrogens is 246 g/mol. The molecule has 0 bridgehead atoms. The van der Waals surface area contributed by atoms with Gasteiger partial charge in [0.05, 0.1) is 5.69 Å². The molecule has 1 heterocycles. The molecule has 0 aliphatic carbocycles. The van der Waals surface area contributed by atoms with Gasteiger partial charge in [0.1, 0.15) is 6.54 Å². The number of nitrogens with one attached hydrogen (secondary N) is 1. The van der Waals surface area contributed by atoms with Crippen molar-refractivity contribution in [2.45, 2.75) is 53.3 Å². The Kier molecular flexibility index (Phi) is 5.09. The van der Waals surface area contributed by atoms with Gasteiger partial charge in [-0.15, -0.1) is 0 Å². The maximum absolute atomic E-state index is 11.7. The van der Waals surface area contributed by atoms with Crippen LogP contribution < -0.4 is 5.32 Å². The van der Waals surface area contributed by atoms with Crippen LogP contribution in [0.1, 0.15) is 32.2 Å². The molecule has 0 aliphatic heterocycles. The summed E-state index contributed by atoms with van der Waals surface area (Å²) in [6.07, 6.45) is -0.799. The molecule has 1 aromatic rings. The minimum Gasteiger partial charge on any atom is -0.451 e. The summed E-state index contributed by atoms with van der Waals surface area (Å²) in [6.45, 7) is 8.98. The fraction of sp³-hybridized carbons (Fsp3) is 0.615. The second-order valence-electron chi connectivity index (χ2n) is 4.88. The maximum Gasteiger partial charge on any atom is 0.328 e. The van der Waals surface area contributed by atoms with Gasteiger partial charge in [-0.3, -0.25) is 14.3 Å². The minimum absolute atomic E-state index is 0.0129. The van der Waals surface area contributed by atoms with Crippen molar-refractivity contribution in [3.05, 3.63) is 17.5 Å². The standard InChI is InChI=1S/C13H21N3O3/c1-8(2)14-13(18)11(5)19-12(17)7-16-10(4)6-9(3)15-16/h6,8,11H,7H2,1-5H3,(H,14,18)/t11-/m1/s1. The smallest absolute Gasteiger partial charge is 0.328 e. The number of ether oxygens (including phenoxy) is 1. The molecule has 106 valence electrons. The Bertz CT molecular complexity index is 466. The first-order valence-corrected chi connectivity index (χ1v) is 6.30. The second-order valence-corrected chi connectivity index (χ2v) is 4.88. The van der Waals surface area contributed by atoms with E-state index < -0.39 is 12.1 Å². The quantitative estimate of drug-likeness (QED) is 0.806. The van der Waals surface area contributed by atoms with E-state index in [1.54, 1.807) is 11.6 Å². The predicted molar refractivity (Wildman–Crippen MR) is 70.5 cm³/mol. The van der Waals surface area contributed by atoms with Gasteiger partial charge in [-0.1, -0.05) is 0 Å². The Morgan fingerprint density at radius 2 is 2.00 bits per heavy atom. The Labute approximate surface area is 113 Å². The molecule has 0 spiro atoms. The van der Waals surface area contributed by atoms with Crippen LogP contribution in [-0.2, 0) is 20.9 Å². The molecule has 0 aliphatic rings. The molecule has 1 aromatic heterocycles. The van der Waals surface area contributed by atoms with Crippen molar-refractivity contribution in [1.82, 2.24) is 15.1 Å². The first-order chi connectivity index (χ1) is 8.79. The van der Waals surface area contributed by atoms with Crippen LogP contribution in [0, 0.1) is 13.8 Å². The molecular formula is C13H21N3O3. The zero-order chi connectivity index (χ0) is 14.6. The number of aromatic nitrogens is 2. The molecule has 0 unspecified atom stereocenters. The molecule has 19 heavy (non-hydrogen) atoms. The molecule has 6 heteroatoms. The topological polar surface area (TPSA) is 73.2 Å². The predicted octanol–water partition coefficient (Wildman–Crippen LogP) is 0.956. The van der Waals surface area contributed by atoms with E-state index in [2.05, 4.69) is 10.4 Å². The summed E-state index contributed by atoms with van der Waals surface area (Å²) >= 11 is 0. The minimum atomic E-state index is -0.799. The first kappa shape index (κ1) is 15.2. The van der Waals surface area contributed by atoms with Gasteiger partial charge < -0.3 is 10.1 Å². The SMILES string of the molecule is Cc1cc(C)n(CC(=O)O[C@H](C)C(=O)NC(C)C)n1. The number of rotatable bonds is 5. The van der Waals surface area contributed by atoms with Gasteiger partial charge in [0.15, 0.2) is 6.10 Å². The van der Waals surface area contributed by atoms with Gasteiger partial charge in [-0.2, -0.15) is 5.10 Å². The van der Waals surface area contributed by atoms with Crippen molar-refractivity contribution in [3.63, 3.8) is 0 Å². The maximum atomic E-state index is 11.7. The molecule has 6 nitrogen and oxygen atoms in total. The molecule has 1 atom stereocenters. The van der Waals surface area contributed by atoms with Crippen molar-refractivity contribution in [1.29, 1.82) is 0 Å². The third kappa shape index (κ3) is 4.73. The van der Waals surface area contributed by atoms with E-state index in [4.69, 9.17) is 4.74 Å². The summed E-state index contributed by atoms with van der Waals surface area (Å²) in [6, 6.07) is 1.90. The lowest BCUT2D eigenvalue weighted by Gasteiger charge is -2.15. The monoisotopic (exact) mass is 267 g/mol. The number of hydrogen-bond acceptors (Lipinski definition) is 4. The Morgan fingerprint density at radius 1 is 1.37 bits per heavy atom. The molecule has 0 saturated carbocycles. The summed E-state index contributed by atoms with van der Waals surface area (Å²) in [4.78, 5) is 23.3. The lowest BCUT2D eigenvalue weighted by Crippen LogP contribution is -2.40. The molecule has 1 rings (SSSR count). The highest BCUT2D eigenvalue weighted by molar-refractivity contribution is 5.83. The number of carbonyl (C=O) groups is 2. The highest BCUT2D eigenvalue weighted by atomic mass is 16.5. The van der Waals surface area contributed by atoms with E-state index in [0.717, 1.165) is 11.4 Å². The van der Waals surface area contributed by atoms with Crippen LogP contribution in [-0.4, -0.2) is 33.8 Å².